The minimum Gasteiger partial charge on any atom is -0.486 e. The van der Waals surface area contributed by atoms with Crippen molar-refractivity contribution in [2.24, 2.45) is 4.99 Å². The number of hydrogen-bond donors (Lipinski definition) is 0. The molecule has 1 aliphatic rings. The summed E-state index contributed by atoms with van der Waals surface area (Å²) in [5, 5.41) is 1.23. The molecule has 0 aromatic heterocycles. The molecule has 0 unspecified atom stereocenters. The third-order valence-electron chi connectivity index (χ3n) is 4.04. The monoisotopic (exact) mass is 478 g/mol. The summed E-state index contributed by atoms with van der Waals surface area (Å²) >= 11 is 11.4. The second kappa shape index (κ2) is 9.63. The lowest BCUT2D eigenvalue weighted by molar-refractivity contribution is -0.122. The number of amidine groups is 1. The Hall–Kier alpha value is -1.76. The van der Waals surface area contributed by atoms with Crippen LogP contribution in [0.2, 0.25) is 5.02 Å². The molecule has 28 heavy (non-hydrogen) atoms. The summed E-state index contributed by atoms with van der Waals surface area (Å²) in [4.78, 5) is 19.3. The molecular weight excluding hydrogens is 460 g/mol. The van der Waals surface area contributed by atoms with Gasteiger partial charge in [0.05, 0.1) is 14.4 Å². The Balaban J connectivity index is 1.81. The molecule has 1 saturated heterocycles. The van der Waals surface area contributed by atoms with Crippen LogP contribution in [0.3, 0.4) is 0 Å². The summed E-state index contributed by atoms with van der Waals surface area (Å²) in [5.74, 6) is 0.554. The molecule has 146 valence electrons. The van der Waals surface area contributed by atoms with E-state index in [4.69, 9.17) is 16.3 Å². The van der Waals surface area contributed by atoms with Crippen molar-refractivity contribution in [2.75, 3.05) is 13.1 Å². The van der Waals surface area contributed by atoms with E-state index in [1.165, 1.54) is 11.8 Å². The number of carbonyl (C=O) groups is 1. The topological polar surface area (TPSA) is 41.9 Å². The van der Waals surface area contributed by atoms with E-state index in [1.54, 1.807) is 11.0 Å². The molecule has 0 aliphatic carbocycles. The van der Waals surface area contributed by atoms with E-state index >= 15 is 0 Å². The molecule has 0 atom stereocenters. The summed E-state index contributed by atoms with van der Waals surface area (Å²) in [6, 6.07) is 13.6. The zero-order valence-corrected chi connectivity index (χ0v) is 18.8. The maximum absolute atomic E-state index is 12.6. The molecule has 1 aliphatic heterocycles. The van der Waals surface area contributed by atoms with Crippen LogP contribution in [0.1, 0.15) is 25.0 Å². The number of benzene rings is 2. The quantitative estimate of drug-likeness (QED) is 0.478. The molecule has 7 heteroatoms. The first-order valence-electron chi connectivity index (χ1n) is 8.95. The van der Waals surface area contributed by atoms with Crippen molar-refractivity contribution in [3.8, 4) is 5.75 Å². The number of rotatable bonds is 6. The fourth-order valence-corrected chi connectivity index (χ4v) is 4.82. The Morgan fingerprint density at radius 3 is 2.64 bits per heavy atom. The van der Waals surface area contributed by atoms with Crippen LogP contribution in [0.25, 0.3) is 6.08 Å². The van der Waals surface area contributed by atoms with Gasteiger partial charge >= 0.3 is 0 Å². The van der Waals surface area contributed by atoms with E-state index in [9.17, 15) is 4.79 Å². The van der Waals surface area contributed by atoms with Crippen LogP contribution in [0.5, 0.6) is 5.75 Å². The molecule has 4 nitrogen and oxygen atoms in total. The Morgan fingerprint density at radius 2 is 2.00 bits per heavy atom. The standard InChI is InChI=1S/C21H20BrClN2O2S/c1-3-24-21-25(4-2)20(26)18(28-21)12-15-10-16(22)19(17(23)11-15)27-13-14-8-6-5-7-9-14/h5-12H,3-4,13H2,1-2H3/b18-12-,24-21?. The summed E-state index contributed by atoms with van der Waals surface area (Å²) in [6.45, 7) is 5.57. The summed E-state index contributed by atoms with van der Waals surface area (Å²) in [6.07, 6.45) is 1.84. The molecule has 0 saturated carbocycles. The fourth-order valence-electron chi connectivity index (χ4n) is 2.72. The van der Waals surface area contributed by atoms with Crippen LogP contribution < -0.4 is 4.74 Å². The molecule has 0 radical (unpaired) electrons. The minimum atomic E-state index is -0.0312. The van der Waals surface area contributed by atoms with E-state index in [-0.39, 0.29) is 5.91 Å². The van der Waals surface area contributed by atoms with E-state index in [0.717, 1.165) is 20.8 Å². The number of amides is 1. The first-order chi connectivity index (χ1) is 13.5. The smallest absolute Gasteiger partial charge is 0.266 e. The average Bonchev–Trinajstić information content (AvgIpc) is 2.96. The first-order valence-corrected chi connectivity index (χ1v) is 10.9. The minimum absolute atomic E-state index is 0.0312. The van der Waals surface area contributed by atoms with Crippen molar-refractivity contribution < 1.29 is 9.53 Å². The molecule has 0 bridgehead atoms. The lowest BCUT2D eigenvalue weighted by Crippen LogP contribution is -2.28. The normalized spacial score (nSPS) is 17.0. The van der Waals surface area contributed by atoms with Gasteiger partial charge in [-0.1, -0.05) is 41.9 Å². The number of hydrogen-bond acceptors (Lipinski definition) is 4. The molecule has 0 spiro atoms. The highest BCUT2D eigenvalue weighted by atomic mass is 79.9. The van der Waals surface area contributed by atoms with Gasteiger partial charge in [0, 0.05) is 13.1 Å². The van der Waals surface area contributed by atoms with Crippen molar-refractivity contribution in [3.05, 3.63) is 68.0 Å². The molecule has 1 heterocycles. The second-order valence-electron chi connectivity index (χ2n) is 6.00. The molecule has 1 fully saturated rings. The highest BCUT2D eigenvalue weighted by molar-refractivity contribution is 9.10. The van der Waals surface area contributed by atoms with Gasteiger partial charge in [-0.05, 0) is 70.9 Å². The summed E-state index contributed by atoms with van der Waals surface area (Å²) in [5.41, 5.74) is 1.89. The molecular formula is C21H20BrClN2O2S. The molecule has 3 rings (SSSR count). The summed E-state index contributed by atoms with van der Waals surface area (Å²) in [7, 11) is 0. The van der Waals surface area contributed by atoms with Crippen molar-refractivity contribution in [2.45, 2.75) is 20.5 Å². The average molecular weight is 480 g/mol. The van der Waals surface area contributed by atoms with Gasteiger partial charge in [-0.2, -0.15) is 0 Å². The van der Waals surface area contributed by atoms with Crippen molar-refractivity contribution in [1.29, 1.82) is 0 Å². The van der Waals surface area contributed by atoms with Gasteiger partial charge in [0.15, 0.2) is 10.9 Å². The zero-order chi connectivity index (χ0) is 20.1. The van der Waals surface area contributed by atoms with Crippen molar-refractivity contribution in [3.63, 3.8) is 0 Å². The van der Waals surface area contributed by atoms with E-state index in [2.05, 4.69) is 20.9 Å². The van der Waals surface area contributed by atoms with Crippen LogP contribution in [0.15, 0.2) is 56.8 Å². The van der Waals surface area contributed by atoms with Gasteiger partial charge in [-0.3, -0.25) is 14.7 Å². The predicted octanol–water partition coefficient (Wildman–Crippen LogP) is 5.99. The Morgan fingerprint density at radius 1 is 1.25 bits per heavy atom. The number of likely N-dealkylation sites (N-methyl/N-ethyl adjacent to an activating group) is 1. The Kier molecular flexibility index (Phi) is 7.21. The van der Waals surface area contributed by atoms with E-state index < -0.39 is 0 Å². The largest absolute Gasteiger partial charge is 0.486 e. The van der Waals surface area contributed by atoms with Gasteiger partial charge in [0.1, 0.15) is 6.61 Å². The lowest BCUT2D eigenvalue weighted by atomic mass is 10.2. The van der Waals surface area contributed by atoms with E-state index in [1.807, 2.05) is 56.3 Å². The maximum Gasteiger partial charge on any atom is 0.266 e. The number of nitrogens with zero attached hydrogens (tertiary/aromatic N) is 2. The zero-order valence-electron chi connectivity index (χ0n) is 15.6. The van der Waals surface area contributed by atoms with Gasteiger partial charge in [0.2, 0.25) is 0 Å². The molecule has 2 aromatic rings. The predicted molar refractivity (Wildman–Crippen MR) is 121 cm³/mol. The van der Waals surface area contributed by atoms with Crippen LogP contribution in [0, 0.1) is 0 Å². The van der Waals surface area contributed by atoms with Crippen molar-refractivity contribution >= 4 is 56.4 Å². The number of ether oxygens (including phenoxy) is 1. The molecule has 1 amide bonds. The third kappa shape index (κ3) is 4.80. The van der Waals surface area contributed by atoms with E-state index in [0.29, 0.717) is 35.4 Å². The summed E-state index contributed by atoms with van der Waals surface area (Å²) < 4.78 is 6.63. The van der Waals surface area contributed by atoms with Crippen LogP contribution in [0.4, 0.5) is 0 Å². The first kappa shape index (κ1) is 21.0. The Labute approximate surface area is 182 Å². The lowest BCUT2D eigenvalue weighted by Gasteiger charge is -2.12. The van der Waals surface area contributed by atoms with Crippen LogP contribution in [-0.2, 0) is 11.4 Å². The number of halogens is 2. The SMILES string of the molecule is CCN=C1S/C(=C\c2cc(Cl)c(OCc3ccccc3)c(Br)c2)C(=O)N1CC. The van der Waals surface area contributed by atoms with Gasteiger partial charge in [-0.15, -0.1) is 0 Å². The maximum atomic E-state index is 12.6. The number of aliphatic imine (C=N–C) groups is 1. The van der Waals surface area contributed by atoms with Crippen LogP contribution >= 0.6 is 39.3 Å². The number of carbonyl (C=O) groups excluding carboxylic acids is 1. The fraction of sp³-hybridized carbons (Fsp3) is 0.238. The third-order valence-corrected chi connectivity index (χ3v) is 5.96. The van der Waals surface area contributed by atoms with Crippen molar-refractivity contribution in [1.82, 2.24) is 4.90 Å². The molecule has 2 aromatic carbocycles. The van der Waals surface area contributed by atoms with Gasteiger partial charge in [-0.25, -0.2) is 0 Å². The van der Waals surface area contributed by atoms with Gasteiger partial charge in [0.25, 0.3) is 5.91 Å². The molecule has 0 N–H and O–H groups in total. The number of thioether (sulfide) groups is 1. The highest BCUT2D eigenvalue weighted by Gasteiger charge is 2.31. The van der Waals surface area contributed by atoms with Gasteiger partial charge < -0.3 is 4.74 Å². The highest BCUT2D eigenvalue weighted by Crippen LogP contribution is 2.38. The second-order valence-corrected chi connectivity index (χ2v) is 8.28. The Bertz CT molecular complexity index is 908. The van der Waals surface area contributed by atoms with Crippen LogP contribution in [-0.4, -0.2) is 29.1 Å².